The molecule has 0 heterocycles. The fourth-order valence-corrected chi connectivity index (χ4v) is 11.5. The molecule has 8 saturated carbocycles. The quantitative estimate of drug-likeness (QED) is 0.179. The zero-order valence-electron chi connectivity index (χ0n) is 27.3. The van der Waals surface area contributed by atoms with Gasteiger partial charge in [-0.25, -0.2) is 0 Å². The second-order valence-corrected chi connectivity index (χ2v) is 16.5. The van der Waals surface area contributed by atoms with Crippen LogP contribution in [0.4, 0.5) is 0 Å². The van der Waals surface area contributed by atoms with Crippen molar-refractivity contribution in [2.24, 2.45) is 46.3 Å². The van der Waals surface area contributed by atoms with E-state index >= 15 is 0 Å². The molecule has 8 bridgehead atoms. The molecular weight excluding hydrogens is 592 g/mol. The first-order chi connectivity index (χ1) is 22.5. The number of Topliss-reactive ketones (excluding diaryl/α,β-unsaturated/α-hetero) is 2. The third-order valence-electron chi connectivity index (χ3n) is 12.8. The van der Waals surface area contributed by atoms with Gasteiger partial charge in [0, 0.05) is 23.7 Å². The number of hydrogen-bond acceptors (Lipinski definition) is 7. The molecule has 252 valence electrons. The van der Waals surface area contributed by atoms with Gasteiger partial charge in [0.25, 0.3) is 0 Å². The lowest BCUT2D eigenvalue weighted by atomic mass is 9.48. The van der Waals surface area contributed by atoms with Crippen molar-refractivity contribution >= 4 is 17.6 Å². The Morgan fingerprint density at radius 1 is 0.638 bits per heavy atom. The number of allylic oxidation sites excluding steroid dienone is 1. The highest BCUT2D eigenvalue weighted by Crippen LogP contribution is 2.61. The van der Waals surface area contributed by atoms with E-state index in [4.69, 9.17) is 0 Å². The van der Waals surface area contributed by atoms with E-state index in [1.807, 2.05) is 12.2 Å². The Labute approximate surface area is 277 Å². The predicted octanol–water partition coefficient (Wildman–Crippen LogP) is 7.46. The van der Waals surface area contributed by atoms with Crippen LogP contribution in [0.1, 0.15) is 101 Å². The average Bonchev–Trinajstić information content (AvgIpc) is 3.00. The topological polar surface area (TPSA) is 135 Å². The molecule has 8 aliphatic carbocycles. The summed E-state index contributed by atoms with van der Waals surface area (Å²) in [5.74, 6) is 4.63. The Morgan fingerprint density at radius 3 is 1.55 bits per heavy atom. The van der Waals surface area contributed by atoms with Gasteiger partial charge in [-0.05, 0) is 154 Å². The van der Waals surface area contributed by atoms with Gasteiger partial charge in [0.15, 0.2) is 23.0 Å². The van der Waals surface area contributed by atoms with E-state index in [0.717, 1.165) is 85.2 Å². The second kappa shape index (κ2) is 12.6. The van der Waals surface area contributed by atoms with Gasteiger partial charge in [0.2, 0.25) is 0 Å². The first kappa shape index (κ1) is 32.2. The van der Waals surface area contributed by atoms with Crippen LogP contribution in [-0.4, -0.2) is 43.2 Å². The lowest BCUT2D eigenvalue weighted by Gasteiger charge is -2.56. The number of ketones is 2. The highest BCUT2D eigenvalue weighted by atomic mass is 16.3. The van der Waals surface area contributed by atoms with Gasteiger partial charge in [-0.2, -0.15) is 0 Å². The van der Waals surface area contributed by atoms with Gasteiger partial charge < -0.3 is 25.5 Å². The number of phenols is 4. The van der Waals surface area contributed by atoms with E-state index in [0.29, 0.717) is 18.6 Å². The number of aliphatic hydroxyl groups excluding tert-OH is 1. The molecule has 7 nitrogen and oxygen atoms in total. The van der Waals surface area contributed by atoms with Crippen LogP contribution >= 0.6 is 0 Å². The molecule has 8 fully saturated rings. The molecule has 2 aromatic rings. The van der Waals surface area contributed by atoms with Crippen LogP contribution in [-0.2, 0) is 16.0 Å². The summed E-state index contributed by atoms with van der Waals surface area (Å²) in [5.41, 5.74) is 1.35. The van der Waals surface area contributed by atoms with Crippen molar-refractivity contribution in [3.05, 3.63) is 53.6 Å². The molecule has 7 heteroatoms. The van der Waals surface area contributed by atoms with Crippen molar-refractivity contribution in [1.29, 1.82) is 0 Å². The molecule has 47 heavy (non-hydrogen) atoms. The van der Waals surface area contributed by atoms with Crippen molar-refractivity contribution in [1.82, 2.24) is 0 Å². The molecule has 0 saturated heterocycles. The van der Waals surface area contributed by atoms with Gasteiger partial charge in [-0.3, -0.25) is 9.59 Å². The number of hydrogen-bond donors (Lipinski definition) is 5. The molecule has 2 aromatic carbocycles. The molecule has 0 aromatic heterocycles. The summed E-state index contributed by atoms with van der Waals surface area (Å²) in [6.07, 6.45) is 18.5. The minimum absolute atomic E-state index is 0.0316. The number of rotatable bonds is 9. The van der Waals surface area contributed by atoms with Crippen molar-refractivity contribution in [2.75, 3.05) is 0 Å². The van der Waals surface area contributed by atoms with Gasteiger partial charge >= 0.3 is 0 Å². The van der Waals surface area contributed by atoms with Crippen molar-refractivity contribution in [3.63, 3.8) is 0 Å². The fraction of sp³-hybridized carbons (Fsp3) is 0.600. The van der Waals surface area contributed by atoms with Crippen LogP contribution in [0, 0.1) is 46.3 Å². The maximum Gasteiger partial charge on any atom is 0.157 e. The van der Waals surface area contributed by atoms with Crippen LogP contribution in [0.2, 0.25) is 0 Å². The summed E-state index contributed by atoms with van der Waals surface area (Å²) in [5, 5.41) is 48.1. The summed E-state index contributed by atoms with van der Waals surface area (Å²) in [4.78, 5) is 25.8. The molecule has 10 rings (SSSR count). The minimum atomic E-state index is -0.727. The molecule has 0 amide bonds. The number of carbonyl (C=O) groups excluding carboxylic acids is 2. The molecule has 5 N–H and O–H groups in total. The Balaban J connectivity index is 0.000000150. The maximum absolute atomic E-state index is 13.0. The summed E-state index contributed by atoms with van der Waals surface area (Å²) in [7, 11) is 0. The molecule has 0 spiro atoms. The van der Waals surface area contributed by atoms with Crippen LogP contribution in [0.3, 0.4) is 0 Å². The standard InChI is InChI=1S/C20H26O4.C20H24O3/c21-16(6-12-1-2-17(22)18(23)7-12)8-19(24)20-9-13-3-14(10-20)5-15(4-13)11-20;21-17-5-4-13(9-18(17)22)2-1-3-19(23)20-10-14-6-15(11-20)8-16(7-14)12-20/h1-2,7,13-16,21-23H,3-6,8-11H2;1-2,4-5,9,14-16,21-22H,3,6-8,10-12H2/b;2-1+. The normalized spacial score (nSPS) is 35.1. The van der Waals surface area contributed by atoms with Gasteiger partial charge in [-0.1, -0.05) is 24.3 Å². The third-order valence-corrected chi connectivity index (χ3v) is 12.8. The number of carbonyl (C=O) groups is 2. The van der Waals surface area contributed by atoms with E-state index in [1.54, 1.807) is 12.1 Å². The van der Waals surface area contributed by atoms with E-state index in [-0.39, 0.29) is 46.0 Å². The molecule has 1 atom stereocenters. The maximum atomic E-state index is 13.0. The summed E-state index contributed by atoms with van der Waals surface area (Å²) < 4.78 is 0. The van der Waals surface area contributed by atoms with Gasteiger partial charge in [-0.15, -0.1) is 0 Å². The smallest absolute Gasteiger partial charge is 0.157 e. The summed E-state index contributed by atoms with van der Waals surface area (Å²) >= 11 is 0. The zero-order chi connectivity index (χ0) is 32.9. The van der Waals surface area contributed by atoms with E-state index < -0.39 is 6.10 Å². The van der Waals surface area contributed by atoms with Crippen LogP contribution < -0.4 is 0 Å². The van der Waals surface area contributed by atoms with E-state index in [9.17, 15) is 35.1 Å². The predicted molar refractivity (Wildman–Crippen MR) is 179 cm³/mol. The van der Waals surface area contributed by atoms with E-state index in [1.165, 1.54) is 62.8 Å². The first-order valence-electron chi connectivity index (χ1n) is 17.9. The lowest BCUT2D eigenvalue weighted by molar-refractivity contribution is -0.145. The Bertz CT molecular complexity index is 1470. The molecule has 8 aliphatic rings. The molecule has 0 aliphatic heterocycles. The Morgan fingerprint density at radius 2 is 1.09 bits per heavy atom. The highest BCUT2D eigenvalue weighted by molar-refractivity contribution is 5.87. The molecule has 0 radical (unpaired) electrons. The minimum Gasteiger partial charge on any atom is -0.504 e. The van der Waals surface area contributed by atoms with E-state index in [2.05, 4.69) is 0 Å². The van der Waals surface area contributed by atoms with Gasteiger partial charge in [0.05, 0.1) is 6.10 Å². The fourth-order valence-electron chi connectivity index (χ4n) is 11.5. The van der Waals surface area contributed by atoms with Crippen molar-refractivity contribution in [3.8, 4) is 23.0 Å². The van der Waals surface area contributed by atoms with Crippen LogP contribution in [0.15, 0.2) is 42.5 Å². The molecule has 1 unspecified atom stereocenters. The Hall–Kier alpha value is -3.32. The number of benzene rings is 2. The van der Waals surface area contributed by atoms with Crippen LogP contribution in [0.25, 0.3) is 6.08 Å². The number of phenolic OH excluding ortho intramolecular Hbond substituents is 4. The summed E-state index contributed by atoms with van der Waals surface area (Å²) in [6.45, 7) is 0. The Kier molecular flexibility index (Phi) is 8.65. The monoisotopic (exact) mass is 642 g/mol. The number of aromatic hydroxyl groups is 4. The van der Waals surface area contributed by atoms with Crippen LogP contribution in [0.5, 0.6) is 23.0 Å². The molecular formula is C40H50O7. The third kappa shape index (κ3) is 6.70. The largest absolute Gasteiger partial charge is 0.504 e. The second-order valence-electron chi connectivity index (χ2n) is 16.5. The first-order valence-corrected chi connectivity index (χ1v) is 17.9. The van der Waals surface area contributed by atoms with Crippen molar-refractivity contribution < 1.29 is 35.1 Å². The van der Waals surface area contributed by atoms with Crippen molar-refractivity contribution in [2.45, 2.75) is 102 Å². The average molecular weight is 643 g/mol. The number of aliphatic hydroxyl groups is 1. The summed E-state index contributed by atoms with van der Waals surface area (Å²) in [6, 6.07) is 9.26. The zero-order valence-corrected chi connectivity index (χ0v) is 27.3. The lowest BCUT2D eigenvalue weighted by Crippen LogP contribution is -2.50. The van der Waals surface area contributed by atoms with Gasteiger partial charge in [0.1, 0.15) is 11.6 Å². The highest BCUT2D eigenvalue weighted by Gasteiger charge is 2.55. The SMILES string of the molecule is O=C(C/C=C/c1ccc(O)c(O)c1)C12CC3CC(CC(C3)C1)C2.O=C(CC(O)Cc1ccc(O)c(O)c1)C12CC3CC(CC(C3)C1)C2.